The molecule has 0 bridgehead atoms. The Hall–Kier alpha value is -2.44. The molecule has 3 N–H and O–H groups in total. The molecule has 0 saturated heterocycles. The second-order valence-corrected chi connectivity index (χ2v) is 2.97. The number of aromatic amines is 1. The maximum atomic E-state index is 11.7. The molecule has 0 radical (unpaired) electrons. The van der Waals surface area contributed by atoms with E-state index in [1.807, 2.05) is 0 Å². The largest absolute Gasteiger partial charge is 0.372 e. The lowest BCUT2D eigenvalue weighted by Crippen LogP contribution is -2.13. The molecule has 0 unspecified atom stereocenters. The Kier molecular flexibility index (Phi) is 2.77. The summed E-state index contributed by atoms with van der Waals surface area (Å²) in [4.78, 5) is 19.3. The molecule has 16 heavy (non-hydrogen) atoms. The van der Waals surface area contributed by atoms with Crippen LogP contribution >= 0.6 is 0 Å². The van der Waals surface area contributed by atoms with Gasteiger partial charge in [0.15, 0.2) is 0 Å². The van der Waals surface area contributed by atoms with Crippen LogP contribution in [0.25, 0.3) is 0 Å². The zero-order chi connectivity index (χ0) is 11.4. The third-order valence-corrected chi connectivity index (χ3v) is 1.90. The number of anilines is 2. The van der Waals surface area contributed by atoms with Gasteiger partial charge in [0.25, 0.3) is 5.91 Å². The van der Waals surface area contributed by atoms with Gasteiger partial charge in [0.05, 0.1) is 0 Å². The van der Waals surface area contributed by atoms with Crippen molar-refractivity contribution in [2.45, 2.75) is 0 Å². The quantitative estimate of drug-likeness (QED) is 0.697. The predicted octanol–water partition coefficient (Wildman–Crippen LogP) is 0.494. The Morgan fingerprint density at radius 1 is 1.44 bits per heavy atom. The third kappa shape index (κ3) is 2.14. The molecular formula is C9H10N6O. The van der Waals surface area contributed by atoms with E-state index in [-0.39, 0.29) is 5.91 Å². The van der Waals surface area contributed by atoms with Gasteiger partial charge in [-0.25, -0.2) is 9.97 Å². The molecule has 0 saturated carbocycles. The van der Waals surface area contributed by atoms with Gasteiger partial charge in [0, 0.05) is 19.3 Å². The summed E-state index contributed by atoms with van der Waals surface area (Å²) in [7, 11) is 1.72. The lowest BCUT2D eigenvalue weighted by molar-refractivity contribution is 0.102. The first-order valence-corrected chi connectivity index (χ1v) is 4.60. The summed E-state index contributed by atoms with van der Waals surface area (Å²) >= 11 is 0. The predicted molar refractivity (Wildman–Crippen MR) is 58.1 cm³/mol. The standard InChI is InChI=1S/C9H10N6O/c1-10-8-4-6(14-15-8)9(16)13-7-2-3-11-5-12-7/h2-5H,1H3,(H2,10,14,15)(H,11,12,13,16). The van der Waals surface area contributed by atoms with Crippen LogP contribution in [0.4, 0.5) is 11.6 Å². The van der Waals surface area contributed by atoms with Crippen molar-refractivity contribution >= 4 is 17.5 Å². The lowest BCUT2D eigenvalue weighted by atomic mass is 10.4. The van der Waals surface area contributed by atoms with Crippen molar-refractivity contribution in [1.82, 2.24) is 20.2 Å². The van der Waals surface area contributed by atoms with Crippen molar-refractivity contribution in [3.05, 3.63) is 30.4 Å². The summed E-state index contributed by atoms with van der Waals surface area (Å²) < 4.78 is 0. The molecule has 2 heterocycles. The number of H-pyrrole nitrogens is 1. The molecule has 0 atom stereocenters. The van der Waals surface area contributed by atoms with Crippen LogP contribution < -0.4 is 10.6 Å². The van der Waals surface area contributed by atoms with Gasteiger partial charge in [-0.2, -0.15) is 5.10 Å². The molecule has 2 rings (SSSR count). The topological polar surface area (TPSA) is 95.6 Å². The molecule has 82 valence electrons. The van der Waals surface area contributed by atoms with Gasteiger partial charge in [-0.15, -0.1) is 0 Å². The number of nitrogens with zero attached hydrogens (tertiary/aromatic N) is 3. The highest BCUT2D eigenvalue weighted by atomic mass is 16.2. The van der Waals surface area contributed by atoms with Crippen LogP contribution in [0.1, 0.15) is 10.5 Å². The van der Waals surface area contributed by atoms with E-state index >= 15 is 0 Å². The first kappa shape index (κ1) is 10.1. The second kappa shape index (κ2) is 4.39. The number of carbonyl (C=O) groups is 1. The smallest absolute Gasteiger partial charge is 0.274 e. The van der Waals surface area contributed by atoms with Gasteiger partial charge in [-0.3, -0.25) is 9.89 Å². The summed E-state index contributed by atoms with van der Waals surface area (Å²) in [6, 6.07) is 3.21. The monoisotopic (exact) mass is 218 g/mol. The average molecular weight is 218 g/mol. The molecule has 2 aromatic rings. The molecule has 0 aliphatic rings. The van der Waals surface area contributed by atoms with Crippen molar-refractivity contribution in [2.24, 2.45) is 0 Å². The first-order valence-electron chi connectivity index (χ1n) is 4.60. The summed E-state index contributed by atoms with van der Waals surface area (Å²) in [5.74, 6) is 0.751. The Labute approximate surface area is 91.3 Å². The fourth-order valence-electron chi connectivity index (χ4n) is 1.11. The van der Waals surface area contributed by atoms with Gasteiger partial charge >= 0.3 is 0 Å². The number of hydrogen-bond acceptors (Lipinski definition) is 5. The zero-order valence-corrected chi connectivity index (χ0v) is 8.56. The zero-order valence-electron chi connectivity index (χ0n) is 8.56. The minimum atomic E-state index is -0.298. The van der Waals surface area contributed by atoms with Crippen molar-refractivity contribution in [2.75, 3.05) is 17.7 Å². The number of carbonyl (C=O) groups excluding carboxylic acids is 1. The lowest BCUT2D eigenvalue weighted by Gasteiger charge is -2.00. The fraction of sp³-hybridized carbons (Fsp3) is 0.111. The summed E-state index contributed by atoms with van der Waals surface area (Å²) in [5, 5.41) is 11.9. The Morgan fingerprint density at radius 2 is 2.31 bits per heavy atom. The molecule has 0 aliphatic heterocycles. The molecule has 1 amide bonds. The van der Waals surface area contributed by atoms with E-state index in [1.165, 1.54) is 6.33 Å². The van der Waals surface area contributed by atoms with E-state index in [4.69, 9.17) is 0 Å². The minimum Gasteiger partial charge on any atom is -0.372 e. The molecule has 0 aromatic carbocycles. The summed E-state index contributed by atoms with van der Waals surface area (Å²) in [6.07, 6.45) is 2.91. The maximum Gasteiger partial charge on any atom is 0.274 e. The highest BCUT2D eigenvalue weighted by Gasteiger charge is 2.09. The van der Waals surface area contributed by atoms with Gasteiger partial charge < -0.3 is 10.6 Å². The van der Waals surface area contributed by atoms with Crippen LogP contribution in [0.3, 0.4) is 0 Å². The SMILES string of the molecule is CNc1cc(C(=O)Nc2ccncn2)[nH]n1. The number of rotatable bonds is 3. The van der Waals surface area contributed by atoms with E-state index in [2.05, 4.69) is 30.8 Å². The molecular weight excluding hydrogens is 208 g/mol. The van der Waals surface area contributed by atoms with E-state index in [0.29, 0.717) is 17.3 Å². The highest BCUT2D eigenvalue weighted by Crippen LogP contribution is 2.06. The number of amides is 1. The van der Waals surface area contributed by atoms with Crippen LogP contribution in [-0.4, -0.2) is 33.1 Å². The number of hydrogen-bond donors (Lipinski definition) is 3. The molecule has 7 nitrogen and oxygen atoms in total. The minimum absolute atomic E-state index is 0.298. The van der Waals surface area contributed by atoms with Crippen LogP contribution in [0.15, 0.2) is 24.7 Å². The average Bonchev–Trinajstić information content (AvgIpc) is 2.79. The van der Waals surface area contributed by atoms with Gasteiger partial charge in [-0.05, 0) is 6.07 Å². The molecule has 7 heteroatoms. The maximum absolute atomic E-state index is 11.7. The molecule has 0 fully saturated rings. The Morgan fingerprint density at radius 3 is 2.94 bits per heavy atom. The van der Waals surface area contributed by atoms with E-state index in [1.54, 1.807) is 25.4 Å². The number of aromatic nitrogens is 4. The van der Waals surface area contributed by atoms with Crippen LogP contribution in [-0.2, 0) is 0 Å². The van der Waals surface area contributed by atoms with Crippen molar-refractivity contribution in [1.29, 1.82) is 0 Å². The first-order chi connectivity index (χ1) is 7.79. The van der Waals surface area contributed by atoms with Gasteiger partial charge in [0.1, 0.15) is 23.7 Å². The molecule has 0 aliphatic carbocycles. The normalized spacial score (nSPS) is 9.81. The van der Waals surface area contributed by atoms with E-state index in [9.17, 15) is 4.79 Å². The third-order valence-electron chi connectivity index (χ3n) is 1.90. The van der Waals surface area contributed by atoms with Crippen molar-refractivity contribution in [3.8, 4) is 0 Å². The number of nitrogens with one attached hydrogen (secondary N) is 3. The Balaban J connectivity index is 2.09. The highest BCUT2D eigenvalue weighted by molar-refractivity contribution is 6.02. The Bertz CT molecular complexity index is 480. The van der Waals surface area contributed by atoms with Gasteiger partial charge in [-0.1, -0.05) is 0 Å². The molecule has 0 spiro atoms. The van der Waals surface area contributed by atoms with Crippen molar-refractivity contribution in [3.63, 3.8) is 0 Å². The second-order valence-electron chi connectivity index (χ2n) is 2.97. The summed E-state index contributed by atoms with van der Waals surface area (Å²) in [6.45, 7) is 0. The van der Waals surface area contributed by atoms with Gasteiger partial charge in [0.2, 0.25) is 0 Å². The fourth-order valence-corrected chi connectivity index (χ4v) is 1.11. The van der Waals surface area contributed by atoms with Crippen LogP contribution in [0.2, 0.25) is 0 Å². The van der Waals surface area contributed by atoms with Crippen LogP contribution in [0.5, 0.6) is 0 Å². The van der Waals surface area contributed by atoms with Crippen molar-refractivity contribution < 1.29 is 4.79 Å². The van der Waals surface area contributed by atoms with E-state index < -0.39 is 0 Å². The van der Waals surface area contributed by atoms with Crippen LogP contribution in [0, 0.1) is 0 Å². The summed E-state index contributed by atoms with van der Waals surface area (Å²) in [5.41, 5.74) is 0.364. The molecule has 2 aromatic heterocycles. The van der Waals surface area contributed by atoms with E-state index in [0.717, 1.165) is 0 Å².